The Morgan fingerprint density at radius 1 is 0.969 bits per heavy atom. The van der Waals surface area contributed by atoms with Crippen molar-refractivity contribution in [2.24, 2.45) is 0 Å². The molecule has 0 spiro atoms. The van der Waals surface area contributed by atoms with E-state index in [1.54, 1.807) is 12.2 Å². The molecule has 0 saturated carbocycles. The quantitative estimate of drug-likeness (QED) is 0.502. The molecule has 1 aliphatic rings. The van der Waals surface area contributed by atoms with Gasteiger partial charge < -0.3 is 14.8 Å². The van der Waals surface area contributed by atoms with Crippen LogP contribution in [0.15, 0.2) is 85.0 Å². The Morgan fingerprint density at radius 2 is 1.44 bits per heavy atom. The highest BCUT2D eigenvalue weighted by molar-refractivity contribution is 6.99. The van der Waals surface area contributed by atoms with Gasteiger partial charge in [0.05, 0.1) is 18.1 Å². The van der Waals surface area contributed by atoms with Gasteiger partial charge in [-0.15, -0.1) is 0 Å². The van der Waals surface area contributed by atoms with Crippen molar-refractivity contribution in [3.05, 3.63) is 85.0 Å². The van der Waals surface area contributed by atoms with Crippen LogP contribution in [0, 0.1) is 0 Å². The standard InChI is InChI=1S/C26H31NO4Si/c1-20(28)27-26(19-24(29)30)17-15-21(16-18-26)31-32(25(2,3)4,22-11-7-5-8-12-22)23-13-9-6-10-14-23/h5-18,21H,19H2,1-4H3,(H,27,28)(H,29,30). The first-order valence-electron chi connectivity index (χ1n) is 10.8. The summed E-state index contributed by atoms with van der Waals surface area (Å²) in [4.78, 5) is 23.1. The van der Waals surface area contributed by atoms with E-state index < -0.39 is 19.8 Å². The van der Waals surface area contributed by atoms with Crippen LogP contribution >= 0.6 is 0 Å². The molecule has 0 aromatic heterocycles. The van der Waals surface area contributed by atoms with Crippen LogP contribution in [0.4, 0.5) is 0 Å². The van der Waals surface area contributed by atoms with Crippen LogP contribution in [0.3, 0.4) is 0 Å². The van der Waals surface area contributed by atoms with Crippen molar-refractivity contribution in [3.63, 3.8) is 0 Å². The lowest BCUT2D eigenvalue weighted by Gasteiger charge is -2.45. The highest BCUT2D eigenvalue weighted by atomic mass is 28.4. The lowest BCUT2D eigenvalue weighted by atomic mass is 9.89. The van der Waals surface area contributed by atoms with Crippen molar-refractivity contribution in [1.29, 1.82) is 0 Å². The fourth-order valence-electron chi connectivity index (χ4n) is 4.45. The van der Waals surface area contributed by atoms with Crippen LogP contribution in [0.5, 0.6) is 0 Å². The molecule has 5 nitrogen and oxygen atoms in total. The number of carbonyl (C=O) groups excluding carboxylic acids is 1. The summed E-state index contributed by atoms with van der Waals surface area (Å²) in [6.45, 7) is 8.01. The van der Waals surface area contributed by atoms with Gasteiger partial charge in [-0.2, -0.15) is 0 Å². The lowest BCUT2D eigenvalue weighted by Crippen LogP contribution is -2.67. The van der Waals surface area contributed by atoms with Crippen molar-refractivity contribution in [2.75, 3.05) is 0 Å². The number of rotatable bonds is 7. The molecule has 2 N–H and O–H groups in total. The van der Waals surface area contributed by atoms with Crippen LogP contribution in [-0.4, -0.2) is 36.9 Å². The summed E-state index contributed by atoms with van der Waals surface area (Å²) in [7, 11) is -2.75. The van der Waals surface area contributed by atoms with E-state index in [1.807, 2.05) is 48.6 Å². The van der Waals surface area contributed by atoms with E-state index >= 15 is 0 Å². The maximum Gasteiger partial charge on any atom is 0.306 e. The van der Waals surface area contributed by atoms with E-state index in [9.17, 15) is 14.7 Å². The first kappa shape index (κ1) is 23.7. The van der Waals surface area contributed by atoms with Gasteiger partial charge in [0.2, 0.25) is 5.91 Å². The third-order valence-corrected chi connectivity index (χ3v) is 10.8. The molecule has 0 fully saturated rings. The second-order valence-corrected chi connectivity index (χ2v) is 13.5. The number of hydrogen-bond donors (Lipinski definition) is 2. The maximum atomic E-state index is 11.7. The maximum absolute atomic E-state index is 11.7. The number of nitrogens with one attached hydrogen (secondary N) is 1. The van der Waals surface area contributed by atoms with Gasteiger partial charge >= 0.3 is 5.97 Å². The van der Waals surface area contributed by atoms with Crippen LogP contribution in [-0.2, 0) is 14.0 Å². The number of carboxylic acid groups (broad SMARTS) is 1. The van der Waals surface area contributed by atoms with Crippen LogP contribution in [0.1, 0.15) is 34.1 Å². The average Bonchev–Trinajstić information content (AvgIpc) is 2.73. The summed E-state index contributed by atoms with van der Waals surface area (Å²) in [5.41, 5.74) is -1.05. The summed E-state index contributed by atoms with van der Waals surface area (Å²) in [5.74, 6) is -1.27. The molecule has 3 rings (SSSR count). The zero-order valence-electron chi connectivity index (χ0n) is 19.0. The minimum absolute atomic E-state index is 0.176. The van der Waals surface area contributed by atoms with E-state index in [1.165, 1.54) is 17.3 Å². The van der Waals surface area contributed by atoms with Crippen LogP contribution in [0.25, 0.3) is 0 Å². The van der Waals surface area contributed by atoms with Crippen molar-refractivity contribution >= 4 is 30.6 Å². The zero-order valence-corrected chi connectivity index (χ0v) is 20.0. The van der Waals surface area contributed by atoms with Gasteiger partial charge in [-0.1, -0.05) is 106 Å². The molecule has 0 heterocycles. The van der Waals surface area contributed by atoms with E-state index in [0.717, 1.165) is 0 Å². The third-order valence-electron chi connectivity index (χ3n) is 5.75. The molecule has 1 aliphatic carbocycles. The number of hydrogen-bond acceptors (Lipinski definition) is 3. The predicted octanol–water partition coefficient (Wildman–Crippen LogP) is 3.41. The van der Waals surface area contributed by atoms with Gasteiger partial charge in [-0.3, -0.25) is 9.59 Å². The molecule has 0 atom stereocenters. The third kappa shape index (κ3) is 4.92. The highest BCUT2D eigenvalue weighted by Gasteiger charge is 2.51. The largest absolute Gasteiger partial charge is 0.481 e. The van der Waals surface area contributed by atoms with Gasteiger partial charge in [-0.05, 0) is 15.4 Å². The molecule has 0 aliphatic heterocycles. The molecule has 0 unspecified atom stereocenters. The van der Waals surface area contributed by atoms with Crippen LogP contribution < -0.4 is 15.7 Å². The van der Waals surface area contributed by atoms with Gasteiger partial charge in [-0.25, -0.2) is 0 Å². The Morgan fingerprint density at radius 3 is 1.81 bits per heavy atom. The van der Waals surface area contributed by atoms with Crippen LogP contribution in [0.2, 0.25) is 5.04 Å². The summed E-state index contributed by atoms with van der Waals surface area (Å²) in [6, 6.07) is 20.7. The minimum atomic E-state index is -2.75. The summed E-state index contributed by atoms with van der Waals surface area (Å²) in [6.07, 6.45) is 6.62. The molecule has 1 amide bonds. The predicted molar refractivity (Wildman–Crippen MR) is 130 cm³/mol. The number of benzene rings is 2. The van der Waals surface area contributed by atoms with Gasteiger partial charge in [0.25, 0.3) is 8.32 Å². The average molecular weight is 450 g/mol. The van der Waals surface area contributed by atoms with Crippen molar-refractivity contribution in [2.45, 2.75) is 50.8 Å². The molecule has 6 heteroatoms. The minimum Gasteiger partial charge on any atom is -0.481 e. The second kappa shape index (κ2) is 9.26. The monoisotopic (exact) mass is 449 g/mol. The van der Waals surface area contributed by atoms with E-state index in [0.29, 0.717) is 0 Å². The topological polar surface area (TPSA) is 75.6 Å². The first-order valence-corrected chi connectivity index (χ1v) is 12.7. The molecular formula is C26H31NO4Si. The Labute approximate surface area is 190 Å². The molecular weight excluding hydrogens is 418 g/mol. The number of carbonyl (C=O) groups is 2. The Kier molecular flexibility index (Phi) is 6.86. The molecule has 2 aromatic rings. The van der Waals surface area contributed by atoms with Gasteiger partial charge in [0, 0.05) is 6.92 Å². The number of aliphatic carboxylic acids is 1. The molecule has 0 bridgehead atoms. The fraction of sp³-hybridized carbons (Fsp3) is 0.308. The summed E-state index contributed by atoms with van der Waals surface area (Å²) < 4.78 is 7.02. The SMILES string of the molecule is CC(=O)NC1(CC(=O)O)C=CC(O[Si](c2ccccc2)(c2ccccc2)C(C)(C)C)C=C1. The normalized spacial score (nSPS) is 20.7. The molecule has 2 aromatic carbocycles. The summed E-state index contributed by atoms with van der Waals surface area (Å²) >= 11 is 0. The smallest absolute Gasteiger partial charge is 0.306 e. The van der Waals surface area contributed by atoms with E-state index in [2.05, 4.69) is 50.4 Å². The Hall–Kier alpha value is -2.96. The molecule has 32 heavy (non-hydrogen) atoms. The number of carboxylic acids is 1. The molecule has 168 valence electrons. The highest BCUT2D eigenvalue weighted by Crippen LogP contribution is 2.38. The molecule has 0 radical (unpaired) electrons. The Bertz CT molecular complexity index is 938. The Balaban J connectivity index is 2.05. The lowest BCUT2D eigenvalue weighted by molar-refractivity contribution is -0.138. The fourth-order valence-corrected chi connectivity index (χ4v) is 9.03. The summed E-state index contributed by atoms with van der Waals surface area (Å²) in [5, 5.41) is 14.3. The van der Waals surface area contributed by atoms with E-state index in [4.69, 9.17) is 4.43 Å². The van der Waals surface area contributed by atoms with Crippen molar-refractivity contribution in [1.82, 2.24) is 5.32 Å². The second-order valence-electron chi connectivity index (χ2n) is 9.26. The van der Waals surface area contributed by atoms with E-state index in [-0.39, 0.29) is 23.5 Å². The molecule has 0 saturated heterocycles. The van der Waals surface area contributed by atoms with Gasteiger partial charge in [0.15, 0.2) is 0 Å². The first-order chi connectivity index (χ1) is 15.1. The number of amides is 1. The van der Waals surface area contributed by atoms with Crippen molar-refractivity contribution in [3.8, 4) is 0 Å². The van der Waals surface area contributed by atoms with Gasteiger partial charge in [0.1, 0.15) is 0 Å². The van der Waals surface area contributed by atoms with Crippen molar-refractivity contribution < 1.29 is 19.1 Å². The zero-order chi connectivity index (χ0) is 23.4.